The number of alkyl halides is 1. The van der Waals surface area contributed by atoms with Crippen LogP contribution in [-0.2, 0) is 14.0 Å². The molecule has 6 heteroatoms. The molecule has 0 unspecified atom stereocenters. The van der Waals surface area contributed by atoms with Gasteiger partial charge in [-0.3, -0.25) is 4.79 Å². The molecule has 4 aliphatic rings. The maximum Gasteiger partial charge on any atom is 0.330 e. The van der Waals surface area contributed by atoms with Gasteiger partial charge in [0.25, 0.3) is 0 Å². The first-order valence-electron chi connectivity index (χ1n) is 7.18. The second kappa shape index (κ2) is 4.67. The molecule has 3 nitrogen and oxygen atoms in total. The molecule has 0 radical (unpaired) electrons. The number of ether oxygens (including phenoxy) is 1. The quantitative estimate of drug-likeness (QED) is 0.380. The minimum absolute atomic E-state index is 0.168. The predicted octanol–water partition coefficient (Wildman–Crippen LogP) is 4.12. The molecule has 0 amide bonds. The molecule has 0 spiro atoms. The van der Waals surface area contributed by atoms with E-state index in [1.165, 1.54) is 6.42 Å². The lowest BCUT2D eigenvalue weighted by molar-refractivity contribution is -0.190. The molecule has 0 aromatic rings. The Morgan fingerprint density at radius 2 is 2.10 bits per heavy atom. The van der Waals surface area contributed by atoms with Crippen molar-refractivity contribution in [3.05, 3.63) is 10.6 Å². The molecule has 112 valence electrons. The SMILES string of the molecule is C[Si](C)(C)O[C@@]12CCCC[C@@H]1[C@@H]1OC(=O)[C@@]2(Br)C=C1Br. The number of rotatable bonds is 2. The van der Waals surface area contributed by atoms with Crippen LogP contribution in [0, 0.1) is 5.92 Å². The highest BCUT2D eigenvalue weighted by atomic mass is 79.9. The van der Waals surface area contributed by atoms with Crippen LogP contribution in [0.4, 0.5) is 0 Å². The summed E-state index contributed by atoms with van der Waals surface area (Å²) in [7, 11) is -1.78. The fourth-order valence-electron chi connectivity index (χ4n) is 3.92. The summed E-state index contributed by atoms with van der Waals surface area (Å²) in [5.41, 5.74) is -0.438. The molecule has 2 fully saturated rings. The van der Waals surface area contributed by atoms with Crippen LogP contribution in [0.25, 0.3) is 0 Å². The first-order chi connectivity index (χ1) is 9.20. The smallest absolute Gasteiger partial charge is 0.330 e. The molecule has 0 N–H and O–H groups in total. The molecule has 0 aromatic heterocycles. The van der Waals surface area contributed by atoms with Crippen molar-refractivity contribution in [1.82, 2.24) is 0 Å². The Kier molecular flexibility index (Phi) is 3.56. The van der Waals surface area contributed by atoms with Gasteiger partial charge < -0.3 is 9.16 Å². The van der Waals surface area contributed by atoms with E-state index < -0.39 is 18.2 Å². The Morgan fingerprint density at radius 1 is 1.40 bits per heavy atom. The van der Waals surface area contributed by atoms with Crippen molar-refractivity contribution in [1.29, 1.82) is 0 Å². The number of hydrogen-bond donors (Lipinski definition) is 0. The number of esters is 1. The zero-order chi connectivity index (χ0) is 14.8. The molecule has 1 saturated heterocycles. The molecule has 0 aromatic carbocycles. The van der Waals surface area contributed by atoms with Crippen molar-refractivity contribution in [3.63, 3.8) is 0 Å². The number of carbonyl (C=O) groups excluding carboxylic acids is 1. The molecular weight excluding hydrogens is 404 g/mol. The Hall–Kier alpha value is 0.347. The number of carbonyl (C=O) groups is 1. The van der Waals surface area contributed by atoms with E-state index in [4.69, 9.17) is 9.16 Å². The lowest BCUT2D eigenvalue weighted by Crippen LogP contribution is -2.72. The Bertz CT molecular complexity index is 487. The van der Waals surface area contributed by atoms with E-state index in [9.17, 15) is 4.79 Å². The van der Waals surface area contributed by atoms with E-state index >= 15 is 0 Å². The third-order valence-electron chi connectivity index (χ3n) is 4.52. The van der Waals surface area contributed by atoms with Crippen LogP contribution in [0.2, 0.25) is 19.6 Å². The van der Waals surface area contributed by atoms with Crippen LogP contribution >= 0.6 is 31.9 Å². The van der Waals surface area contributed by atoms with Gasteiger partial charge in [0.1, 0.15) is 6.10 Å². The third-order valence-corrected chi connectivity index (χ3v) is 7.40. The van der Waals surface area contributed by atoms with Crippen LogP contribution in [0.15, 0.2) is 10.6 Å². The molecule has 4 atom stereocenters. The summed E-state index contributed by atoms with van der Waals surface area (Å²) in [5.74, 6) is 0.0570. The lowest BCUT2D eigenvalue weighted by Gasteiger charge is -2.61. The Labute approximate surface area is 137 Å². The van der Waals surface area contributed by atoms with E-state index in [1.807, 2.05) is 6.08 Å². The van der Waals surface area contributed by atoms with Gasteiger partial charge in [0.15, 0.2) is 12.6 Å². The molecule has 1 saturated carbocycles. The van der Waals surface area contributed by atoms with E-state index in [0.717, 1.165) is 23.7 Å². The maximum absolute atomic E-state index is 12.5. The van der Waals surface area contributed by atoms with Crippen molar-refractivity contribution >= 4 is 46.1 Å². The predicted molar refractivity (Wildman–Crippen MR) is 87.7 cm³/mol. The molecular formula is C14H20Br2O3Si. The molecule has 4 rings (SSSR count). The zero-order valence-electron chi connectivity index (χ0n) is 12.0. The van der Waals surface area contributed by atoms with Crippen LogP contribution in [0.5, 0.6) is 0 Å². The van der Waals surface area contributed by atoms with Gasteiger partial charge in [0.2, 0.25) is 0 Å². The van der Waals surface area contributed by atoms with Crippen LogP contribution in [-0.4, -0.2) is 30.3 Å². The first-order valence-corrected chi connectivity index (χ1v) is 12.2. The van der Waals surface area contributed by atoms with Gasteiger partial charge in [-0.2, -0.15) is 0 Å². The largest absolute Gasteiger partial charge is 0.455 e. The van der Waals surface area contributed by atoms with Gasteiger partial charge in [-0.15, -0.1) is 0 Å². The molecule has 20 heavy (non-hydrogen) atoms. The standard InChI is InChI=1S/C14H20Br2O3Si/c1-20(2,3)19-14-7-5-4-6-9(14)11-10(15)8-13(14,16)12(17)18-11/h8-9,11H,4-7H2,1-3H3/t9-,11+,13+,14+/m1/s1. The van der Waals surface area contributed by atoms with Crippen molar-refractivity contribution in [2.24, 2.45) is 5.92 Å². The van der Waals surface area contributed by atoms with E-state index in [1.54, 1.807) is 0 Å². The summed E-state index contributed by atoms with van der Waals surface area (Å²) in [5, 5.41) is 0. The fourth-order valence-corrected chi connectivity index (χ4v) is 7.56. The molecule has 2 aliphatic heterocycles. The molecule has 2 aliphatic carbocycles. The zero-order valence-corrected chi connectivity index (χ0v) is 16.2. The van der Waals surface area contributed by atoms with Crippen molar-refractivity contribution in [2.75, 3.05) is 0 Å². The first kappa shape index (κ1) is 15.3. The lowest BCUT2D eigenvalue weighted by atomic mass is 9.61. The Morgan fingerprint density at radius 3 is 2.75 bits per heavy atom. The van der Waals surface area contributed by atoms with Crippen molar-refractivity contribution in [2.45, 2.75) is 61.4 Å². The van der Waals surface area contributed by atoms with E-state index in [0.29, 0.717) is 0 Å². The maximum atomic E-state index is 12.5. The van der Waals surface area contributed by atoms with Gasteiger partial charge in [-0.1, -0.05) is 44.7 Å². The average molecular weight is 424 g/mol. The monoisotopic (exact) mass is 422 g/mol. The molecule has 2 bridgehead atoms. The second-order valence-corrected chi connectivity index (χ2v) is 13.6. The topological polar surface area (TPSA) is 35.5 Å². The summed E-state index contributed by atoms with van der Waals surface area (Å²) < 4.78 is 12.4. The van der Waals surface area contributed by atoms with E-state index in [2.05, 4.69) is 51.5 Å². The highest BCUT2D eigenvalue weighted by molar-refractivity contribution is 9.12. The van der Waals surface area contributed by atoms with Gasteiger partial charge in [-0.05, 0) is 38.6 Å². The third kappa shape index (κ3) is 2.01. The van der Waals surface area contributed by atoms with Gasteiger partial charge in [0.05, 0.1) is 5.60 Å². The summed E-state index contributed by atoms with van der Waals surface area (Å²) in [4.78, 5) is 12.5. The average Bonchev–Trinajstić information content (AvgIpc) is 2.31. The summed E-state index contributed by atoms with van der Waals surface area (Å²) >= 11 is 7.29. The van der Waals surface area contributed by atoms with Gasteiger partial charge >= 0.3 is 5.97 Å². The highest BCUT2D eigenvalue weighted by Crippen LogP contribution is 2.60. The van der Waals surface area contributed by atoms with Crippen LogP contribution in [0.1, 0.15) is 25.7 Å². The van der Waals surface area contributed by atoms with Crippen molar-refractivity contribution in [3.8, 4) is 0 Å². The molecule has 2 heterocycles. The normalized spacial score (nSPS) is 43.9. The minimum Gasteiger partial charge on any atom is -0.455 e. The number of halogens is 2. The Balaban J connectivity index is 2.14. The van der Waals surface area contributed by atoms with Gasteiger partial charge in [-0.25, -0.2) is 0 Å². The second-order valence-electron chi connectivity index (χ2n) is 7.02. The van der Waals surface area contributed by atoms with Gasteiger partial charge in [0, 0.05) is 10.4 Å². The van der Waals surface area contributed by atoms with Crippen molar-refractivity contribution < 1.29 is 14.0 Å². The van der Waals surface area contributed by atoms with E-state index in [-0.39, 0.29) is 18.0 Å². The van der Waals surface area contributed by atoms with Crippen LogP contribution < -0.4 is 0 Å². The number of fused-ring (bicyclic) bond motifs is 1. The van der Waals surface area contributed by atoms with Crippen LogP contribution in [0.3, 0.4) is 0 Å². The summed E-state index contributed by atoms with van der Waals surface area (Å²) in [6, 6.07) is 0. The minimum atomic E-state index is -1.78. The summed E-state index contributed by atoms with van der Waals surface area (Å²) in [6.45, 7) is 6.57. The summed E-state index contributed by atoms with van der Waals surface area (Å²) in [6.07, 6.45) is 6.08. The fraction of sp³-hybridized carbons (Fsp3) is 0.786. The number of hydrogen-bond acceptors (Lipinski definition) is 3. The highest BCUT2D eigenvalue weighted by Gasteiger charge is 2.69.